The predicted octanol–water partition coefficient (Wildman–Crippen LogP) is 15.2. The summed E-state index contributed by atoms with van der Waals surface area (Å²) in [6, 6.07) is 12.8. The molecule has 3 saturated carbocycles. The van der Waals surface area contributed by atoms with Crippen LogP contribution in [0, 0.1) is 46.3 Å². The second-order valence-corrected chi connectivity index (χ2v) is 20.9. The number of nitrogens with one attached hydrogen (secondary N) is 1. The molecule has 2 aromatic rings. The maximum absolute atomic E-state index is 13.4. The highest BCUT2D eigenvalue weighted by Crippen LogP contribution is 2.67. The molecule has 0 aromatic heterocycles. The molecular weight excluding hydrogens is 767 g/mol. The first-order valence-electron chi connectivity index (χ1n) is 25.3. The van der Waals surface area contributed by atoms with Crippen molar-refractivity contribution in [2.45, 2.75) is 182 Å². The van der Waals surface area contributed by atoms with E-state index < -0.39 is 0 Å². The minimum atomic E-state index is -0.288. The van der Waals surface area contributed by atoms with Crippen molar-refractivity contribution in [2.24, 2.45) is 46.3 Å². The van der Waals surface area contributed by atoms with E-state index in [4.69, 9.17) is 14.2 Å². The number of unbranched alkanes of at least 4 members (excludes halogenated alkanes) is 9. The van der Waals surface area contributed by atoms with Crippen LogP contribution in [0.5, 0.6) is 11.5 Å². The number of rotatable bonds is 23. The lowest BCUT2D eigenvalue weighted by Gasteiger charge is -2.58. The Morgan fingerprint density at radius 3 is 2.24 bits per heavy atom. The minimum Gasteiger partial charge on any atom is -0.493 e. The number of anilines is 1. The molecule has 1 amide bonds. The molecule has 6 rings (SSSR count). The number of allylic oxidation sites excluding steroid dienone is 1. The number of hydrogen-bond donors (Lipinski definition) is 1. The van der Waals surface area contributed by atoms with Gasteiger partial charge >= 0.3 is 5.97 Å². The van der Waals surface area contributed by atoms with Gasteiger partial charge in [-0.2, -0.15) is 0 Å². The number of benzene rings is 2. The smallest absolute Gasteiger partial charge is 0.338 e. The van der Waals surface area contributed by atoms with E-state index >= 15 is 0 Å². The molecular formula is C56H83NO5. The summed E-state index contributed by atoms with van der Waals surface area (Å²) in [5, 5.41) is 2.92. The van der Waals surface area contributed by atoms with E-state index in [1.54, 1.807) is 37.5 Å². The van der Waals surface area contributed by atoms with Gasteiger partial charge in [-0.25, -0.2) is 4.79 Å². The largest absolute Gasteiger partial charge is 0.493 e. The summed E-state index contributed by atoms with van der Waals surface area (Å²) in [6.07, 6.45) is 32.4. The Hall–Kier alpha value is -3.54. The maximum Gasteiger partial charge on any atom is 0.338 e. The van der Waals surface area contributed by atoms with Gasteiger partial charge in [0.05, 0.1) is 19.3 Å². The lowest BCUT2D eigenvalue weighted by atomic mass is 9.47. The Morgan fingerprint density at radius 2 is 1.53 bits per heavy atom. The van der Waals surface area contributed by atoms with Crippen molar-refractivity contribution in [3.05, 3.63) is 71.3 Å². The van der Waals surface area contributed by atoms with Crippen LogP contribution in [0.15, 0.2) is 60.2 Å². The van der Waals surface area contributed by atoms with E-state index in [1.165, 1.54) is 121 Å². The van der Waals surface area contributed by atoms with Crippen LogP contribution in [0.4, 0.5) is 5.69 Å². The van der Waals surface area contributed by atoms with Crippen molar-refractivity contribution in [1.82, 2.24) is 0 Å². The lowest BCUT2D eigenvalue weighted by molar-refractivity contribution is -0.111. The van der Waals surface area contributed by atoms with Crippen LogP contribution in [-0.2, 0) is 9.53 Å². The first-order chi connectivity index (χ1) is 29.9. The normalized spacial score (nSPS) is 27.2. The second-order valence-electron chi connectivity index (χ2n) is 20.9. The Kier molecular flexibility index (Phi) is 17.7. The third-order valence-electron chi connectivity index (χ3n) is 16.3. The van der Waals surface area contributed by atoms with Crippen LogP contribution in [0.25, 0.3) is 6.08 Å². The van der Waals surface area contributed by atoms with Gasteiger partial charge in [0.2, 0.25) is 5.91 Å². The van der Waals surface area contributed by atoms with E-state index in [0.29, 0.717) is 29.0 Å². The van der Waals surface area contributed by atoms with Crippen molar-refractivity contribution in [3.8, 4) is 11.5 Å². The minimum absolute atomic E-state index is 0.0944. The van der Waals surface area contributed by atoms with Gasteiger partial charge in [-0.1, -0.05) is 136 Å². The highest BCUT2D eigenvalue weighted by atomic mass is 16.5. The fourth-order valence-corrected chi connectivity index (χ4v) is 12.7. The predicted molar refractivity (Wildman–Crippen MR) is 257 cm³/mol. The quantitative estimate of drug-likeness (QED) is 0.0522. The van der Waals surface area contributed by atoms with E-state index in [0.717, 1.165) is 72.5 Å². The summed E-state index contributed by atoms with van der Waals surface area (Å²) in [6.45, 7) is 15.4. The number of hydrogen-bond acceptors (Lipinski definition) is 5. The van der Waals surface area contributed by atoms with Crippen LogP contribution >= 0.6 is 0 Å². The third-order valence-corrected chi connectivity index (χ3v) is 16.3. The first kappa shape index (κ1) is 47.9. The summed E-state index contributed by atoms with van der Waals surface area (Å²) in [5.41, 5.74) is 4.22. The van der Waals surface area contributed by atoms with E-state index in [2.05, 4.69) is 52.9 Å². The van der Waals surface area contributed by atoms with Gasteiger partial charge in [-0.05, 0) is 146 Å². The molecule has 1 N–H and O–H groups in total. The zero-order chi connectivity index (χ0) is 44.1. The van der Waals surface area contributed by atoms with Gasteiger partial charge in [-0.3, -0.25) is 4.79 Å². The Morgan fingerprint density at radius 1 is 0.806 bits per heavy atom. The molecule has 342 valence electrons. The SMILES string of the molecule is CCCCCCCCCCCCOc1ccc(/C=C/C(=O)Nc2ccc(C(=O)OC3CC[C@@]4(C)C(=CC[C@H]5[C@@H]6CC[C@H]([C@H](C)CCCC(C)C)[C@@]6(C)CC[C@@H]54)C3)cc2)cc1OC. The summed E-state index contributed by atoms with van der Waals surface area (Å²) >= 11 is 0. The molecule has 2 aromatic carbocycles. The van der Waals surface area contributed by atoms with Crippen LogP contribution in [0.3, 0.4) is 0 Å². The first-order valence-corrected chi connectivity index (χ1v) is 25.3. The molecule has 6 nitrogen and oxygen atoms in total. The van der Waals surface area contributed by atoms with E-state index in [9.17, 15) is 9.59 Å². The molecule has 3 fully saturated rings. The van der Waals surface area contributed by atoms with E-state index in [1.807, 2.05) is 18.2 Å². The van der Waals surface area contributed by atoms with Crippen molar-refractivity contribution >= 4 is 23.6 Å². The number of amides is 1. The van der Waals surface area contributed by atoms with Gasteiger partial charge < -0.3 is 19.5 Å². The monoisotopic (exact) mass is 850 g/mol. The standard InChI is InChI=1S/C56H83NO5/c1-8-9-10-11-12-13-14-15-16-17-37-61-51-31-21-42(38-52(51)60-7)22-32-53(58)57-45-26-23-43(24-27-45)54(59)62-46-33-35-55(5)44(39-46)25-28-47-49-30-29-48(41(4)20-18-19-40(2)3)56(49,6)36-34-50(47)55/h21-27,31-32,38,40-41,46-50H,8-20,28-30,33-37,39H2,1-7H3,(H,57,58)/b32-22+/t41-,46?,47+,48-,49+,50+,55+,56-/m1/s1. The Labute approximate surface area is 376 Å². The van der Waals surface area contributed by atoms with E-state index in [-0.39, 0.29) is 23.4 Å². The van der Waals surface area contributed by atoms with Gasteiger partial charge in [0.1, 0.15) is 6.10 Å². The number of carbonyl (C=O) groups excluding carboxylic acids is 2. The van der Waals surface area contributed by atoms with Crippen molar-refractivity contribution in [1.29, 1.82) is 0 Å². The topological polar surface area (TPSA) is 73.9 Å². The fraction of sp³-hybridized carbons (Fsp3) is 0.679. The van der Waals surface area contributed by atoms with Crippen LogP contribution in [-0.4, -0.2) is 31.7 Å². The van der Waals surface area contributed by atoms with Gasteiger partial charge in [0.15, 0.2) is 11.5 Å². The number of fused-ring (bicyclic) bond motifs is 5. The molecule has 62 heavy (non-hydrogen) atoms. The van der Waals surface area contributed by atoms with Crippen molar-refractivity contribution in [2.75, 3.05) is 19.0 Å². The highest BCUT2D eigenvalue weighted by molar-refractivity contribution is 6.02. The van der Waals surface area contributed by atoms with Crippen LogP contribution < -0.4 is 14.8 Å². The molecule has 8 atom stereocenters. The van der Waals surface area contributed by atoms with Gasteiger partial charge in [0, 0.05) is 18.2 Å². The summed E-state index contributed by atoms with van der Waals surface area (Å²) in [4.78, 5) is 26.3. The summed E-state index contributed by atoms with van der Waals surface area (Å²) in [7, 11) is 1.64. The zero-order valence-corrected chi connectivity index (χ0v) is 39.9. The Balaban J connectivity index is 0.928. The van der Waals surface area contributed by atoms with Crippen molar-refractivity contribution in [3.63, 3.8) is 0 Å². The molecule has 0 radical (unpaired) electrons. The lowest BCUT2D eigenvalue weighted by Crippen LogP contribution is -2.51. The van der Waals surface area contributed by atoms with Crippen LogP contribution in [0.1, 0.15) is 192 Å². The third kappa shape index (κ3) is 12.2. The molecule has 0 heterocycles. The molecule has 4 aliphatic rings. The molecule has 1 unspecified atom stereocenters. The van der Waals surface area contributed by atoms with Crippen LogP contribution in [0.2, 0.25) is 0 Å². The number of carbonyl (C=O) groups is 2. The molecule has 0 spiro atoms. The fourth-order valence-electron chi connectivity index (χ4n) is 12.7. The zero-order valence-electron chi connectivity index (χ0n) is 39.9. The maximum atomic E-state index is 13.4. The number of ether oxygens (including phenoxy) is 3. The second kappa shape index (κ2) is 22.9. The molecule has 0 aliphatic heterocycles. The van der Waals surface area contributed by atoms with Crippen molar-refractivity contribution < 1.29 is 23.8 Å². The molecule has 6 heteroatoms. The molecule has 0 bridgehead atoms. The average Bonchev–Trinajstić information content (AvgIpc) is 3.62. The van der Waals surface area contributed by atoms with Gasteiger partial charge in [0.25, 0.3) is 0 Å². The molecule has 4 aliphatic carbocycles. The average molecular weight is 850 g/mol. The summed E-state index contributed by atoms with van der Waals surface area (Å²) in [5.74, 6) is 5.73. The Bertz CT molecular complexity index is 1800. The highest BCUT2D eigenvalue weighted by Gasteiger charge is 2.59. The number of methoxy groups -OCH3 is 1. The molecule has 0 saturated heterocycles. The number of esters is 1. The van der Waals surface area contributed by atoms with Gasteiger partial charge in [-0.15, -0.1) is 0 Å². The summed E-state index contributed by atoms with van der Waals surface area (Å²) < 4.78 is 17.8.